The van der Waals surface area contributed by atoms with Gasteiger partial charge in [0.1, 0.15) is 5.82 Å². The van der Waals surface area contributed by atoms with Crippen molar-refractivity contribution in [3.8, 4) is 0 Å². The van der Waals surface area contributed by atoms with Gasteiger partial charge in [0.2, 0.25) is 11.8 Å². The Kier molecular flexibility index (Phi) is 5.76. The van der Waals surface area contributed by atoms with Crippen molar-refractivity contribution in [2.45, 2.75) is 25.2 Å². The summed E-state index contributed by atoms with van der Waals surface area (Å²) in [5.74, 6) is 0.730. The number of rotatable bonds is 4. The Balaban J connectivity index is 1.38. The van der Waals surface area contributed by atoms with Crippen molar-refractivity contribution in [1.29, 1.82) is 0 Å². The van der Waals surface area contributed by atoms with Crippen LogP contribution in [0.3, 0.4) is 0 Å². The van der Waals surface area contributed by atoms with E-state index in [0.717, 1.165) is 18.4 Å². The highest BCUT2D eigenvalue weighted by atomic mass is 35.5. The van der Waals surface area contributed by atoms with Gasteiger partial charge in [-0.3, -0.25) is 0 Å². The lowest BCUT2D eigenvalue weighted by Gasteiger charge is -2.31. The Bertz CT molecular complexity index is 975. The summed E-state index contributed by atoms with van der Waals surface area (Å²) in [7, 11) is 0. The van der Waals surface area contributed by atoms with Gasteiger partial charge >= 0.3 is 6.03 Å². The number of hydrogen-bond acceptors (Lipinski definition) is 4. The molecule has 1 aliphatic heterocycles. The standard InChI is InChI=1S/C21H20ClFN4O2/c22-16-5-9-18(10-6-16)24-21(28)27-11-1-2-15(13-27)20-26-25-19(29-20)12-14-3-7-17(23)8-4-14/h3-10,15H,1-2,11-13H2,(H,24,28). The molecule has 0 spiro atoms. The smallest absolute Gasteiger partial charge is 0.321 e. The minimum absolute atomic E-state index is 0.00538. The molecule has 2 amide bonds. The third-order valence-electron chi connectivity index (χ3n) is 4.90. The molecule has 1 atom stereocenters. The number of likely N-dealkylation sites (tertiary alicyclic amines) is 1. The summed E-state index contributed by atoms with van der Waals surface area (Å²) in [6.07, 6.45) is 2.18. The first kappa shape index (κ1) is 19.4. The van der Waals surface area contributed by atoms with Gasteiger partial charge in [-0.1, -0.05) is 23.7 Å². The van der Waals surface area contributed by atoms with Gasteiger partial charge in [-0.25, -0.2) is 9.18 Å². The molecule has 4 rings (SSSR count). The minimum atomic E-state index is -0.279. The van der Waals surface area contributed by atoms with Crippen molar-refractivity contribution in [3.05, 3.63) is 76.7 Å². The summed E-state index contributed by atoms with van der Waals surface area (Å²) < 4.78 is 18.9. The first-order valence-corrected chi connectivity index (χ1v) is 9.83. The summed E-state index contributed by atoms with van der Waals surface area (Å²) >= 11 is 5.88. The lowest BCUT2D eigenvalue weighted by molar-refractivity contribution is 0.186. The van der Waals surface area contributed by atoms with Crippen molar-refractivity contribution in [2.24, 2.45) is 0 Å². The van der Waals surface area contributed by atoms with Crippen LogP contribution in [0, 0.1) is 5.82 Å². The molecule has 29 heavy (non-hydrogen) atoms. The predicted molar refractivity (Wildman–Crippen MR) is 108 cm³/mol. The van der Waals surface area contributed by atoms with E-state index in [0.29, 0.717) is 42.0 Å². The normalized spacial score (nSPS) is 16.6. The number of halogens is 2. The van der Waals surface area contributed by atoms with Crippen molar-refractivity contribution in [1.82, 2.24) is 15.1 Å². The van der Waals surface area contributed by atoms with E-state index >= 15 is 0 Å². The van der Waals surface area contributed by atoms with E-state index in [2.05, 4.69) is 15.5 Å². The second-order valence-electron chi connectivity index (χ2n) is 7.06. The van der Waals surface area contributed by atoms with Crippen molar-refractivity contribution in [2.75, 3.05) is 18.4 Å². The number of benzene rings is 2. The number of urea groups is 1. The third kappa shape index (κ3) is 4.92. The summed E-state index contributed by atoms with van der Waals surface area (Å²) in [6, 6.07) is 13.0. The molecule has 1 saturated heterocycles. The predicted octanol–water partition coefficient (Wildman–Crippen LogP) is 4.86. The maximum absolute atomic E-state index is 13.0. The van der Waals surface area contributed by atoms with Gasteiger partial charge < -0.3 is 14.6 Å². The molecule has 1 N–H and O–H groups in total. The molecular weight excluding hydrogens is 395 g/mol. The van der Waals surface area contributed by atoms with Crippen LogP contribution in [0.5, 0.6) is 0 Å². The number of hydrogen-bond donors (Lipinski definition) is 1. The molecule has 8 heteroatoms. The summed E-state index contributed by atoms with van der Waals surface area (Å²) in [5.41, 5.74) is 1.59. The van der Waals surface area contributed by atoms with Gasteiger partial charge in [-0.05, 0) is 54.8 Å². The van der Waals surface area contributed by atoms with E-state index < -0.39 is 0 Å². The number of anilines is 1. The Morgan fingerprint density at radius 1 is 1.17 bits per heavy atom. The number of carbonyl (C=O) groups excluding carboxylic acids is 1. The average Bonchev–Trinajstić information content (AvgIpc) is 3.20. The van der Waals surface area contributed by atoms with Gasteiger partial charge in [0, 0.05) is 23.8 Å². The molecular formula is C21H20ClFN4O2. The summed E-state index contributed by atoms with van der Waals surface area (Å²) in [5, 5.41) is 11.8. The number of aromatic nitrogens is 2. The van der Waals surface area contributed by atoms with Crippen LogP contribution in [0.15, 0.2) is 52.9 Å². The molecule has 2 heterocycles. The lowest BCUT2D eigenvalue weighted by Crippen LogP contribution is -2.41. The highest BCUT2D eigenvalue weighted by Gasteiger charge is 2.28. The Morgan fingerprint density at radius 3 is 2.69 bits per heavy atom. The van der Waals surface area contributed by atoms with Crippen LogP contribution < -0.4 is 5.32 Å². The van der Waals surface area contributed by atoms with Crippen molar-refractivity contribution >= 4 is 23.3 Å². The average molecular weight is 415 g/mol. The second kappa shape index (κ2) is 8.61. The highest BCUT2D eigenvalue weighted by molar-refractivity contribution is 6.30. The Hall–Kier alpha value is -2.93. The van der Waals surface area contributed by atoms with Crippen LogP contribution in [-0.4, -0.2) is 34.2 Å². The zero-order valence-electron chi connectivity index (χ0n) is 15.6. The van der Waals surface area contributed by atoms with E-state index in [1.54, 1.807) is 41.3 Å². The third-order valence-corrected chi connectivity index (χ3v) is 5.16. The molecule has 0 bridgehead atoms. The molecule has 0 aliphatic carbocycles. The highest BCUT2D eigenvalue weighted by Crippen LogP contribution is 2.27. The number of piperidine rings is 1. The molecule has 1 aliphatic rings. The van der Waals surface area contributed by atoms with Gasteiger partial charge in [0.05, 0.1) is 12.3 Å². The minimum Gasteiger partial charge on any atom is -0.425 e. The lowest BCUT2D eigenvalue weighted by atomic mass is 9.98. The Labute approximate surface area is 172 Å². The quantitative estimate of drug-likeness (QED) is 0.661. The summed E-state index contributed by atoms with van der Waals surface area (Å²) in [4.78, 5) is 14.3. The molecule has 0 radical (unpaired) electrons. The van der Waals surface area contributed by atoms with Crippen LogP contribution in [-0.2, 0) is 6.42 Å². The molecule has 1 unspecified atom stereocenters. The molecule has 2 aromatic carbocycles. The van der Waals surface area contributed by atoms with Crippen LogP contribution in [0.4, 0.5) is 14.9 Å². The number of amides is 2. The zero-order valence-corrected chi connectivity index (χ0v) is 16.4. The molecule has 6 nitrogen and oxygen atoms in total. The monoisotopic (exact) mass is 414 g/mol. The maximum Gasteiger partial charge on any atom is 0.321 e. The van der Waals surface area contributed by atoms with Crippen LogP contribution in [0.2, 0.25) is 5.02 Å². The fraction of sp³-hybridized carbons (Fsp3) is 0.286. The maximum atomic E-state index is 13.0. The number of carbonyl (C=O) groups is 1. The van der Waals surface area contributed by atoms with Gasteiger partial charge in [0.15, 0.2) is 0 Å². The molecule has 3 aromatic rings. The van der Waals surface area contributed by atoms with Crippen LogP contribution >= 0.6 is 11.6 Å². The first-order valence-electron chi connectivity index (χ1n) is 9.45. The topological polar surface area (TPSA) is 71.3 Å². The van der Waals surface area contributed by atoms with E-state index in [4.69, 9.17) is 16.0 Å². The van der Waals surface area contributed by atoms with E-state index in [1.165, 1.54) is 12.1 Å². The molecule has 150 valence electrons. The number of nitrogens with zero attached hydrogens (tertiary/aromatic N) is 3. The summed E-state index contributed by atoms with van der Waals surface area (Å²) in [6.45, 7) is 1.18. The molecule has 0 saturated carbocycles. The van der Waals surface area contributed by atoms with Crippen LogP contribution in [0.1, 0.15) is 36.1 Å². The Morgan fingerprint density at radius 2 is 1.93 bits per heavy atom. The van der Waals surface area contributed by atoms with Crippen molar-refractivity contribution in [3.63, 3.8) is 0 Å². The van der Waals surface area contributed by atoms with E-state index in [9.17, 15) is 9.18 Å². The second-order valence-corrected chi connectivity index (χ2v) is 7.50. The van der Waals surface area contributed by atoms with Gasteiger partial charge in [0.25, 0.3) is 0 Å². The SMILES string of the molecule is O=C(Nc1ccc(Cl)cc1)N1CCCC(c2nnc(Cc3ccc(F)cc3)o2)C1. The zero-order chi connectivity index (χ0) is 20.2. The largest absolute Gasteiger partial charge is 0.425 e. The van der Waals surface area contributed by atoms with Crippen LogP contribution in [0.25, 0.3) is 0 Å². The molecule has 1 fully saturated rings. The first-order chi connectivity index (χ1) is 14.1. The van der Waals surface area contributed by atoms with Gasteiger partial charge in [-0.2, -0.15) is 0 Å². The molecule has 1 aromatic heterocycles. The van der Waals surface area contributed by atoms with Gasteiger partial charge in [-0.15, -0.1) is 10.2 Å². The van der Waals surface area contributed by atoms with E-state index in [-0.39, 0.29) is 17.8 Å². The van der Waals surface area contributed by atoms with E-state index in [1.807, 2.05) is 0 Å². The number of nitrogens with one attached hydrogen (secondary N) is 1. The fourth-order valence-corrected chi connectivity index (χ4v) is 3.50. The van der Waals surface area contributed by atoms with Crippen molar-refractivity contribution < 1.29 is 13.6 Å². The fourth-order valence-electron chi connectivity index (χ4n) is 3.38.